The third-order valence-corrected chi connectivity index (χ3v) is 4.38. The average Bonchev–Trinajstić information content (AvgIpc) is 3.55. The van der Waals surface area contributed by atoms with E-state index in [1.807, 2.05) is 4.90 Å². The maximum atomic E-state index is 12.0. The van der Waals surface area contributed by atoms with E-state index in [0.29, 0.717) is 39.3 Å². The van der Waals surface area contributed by atoms with Crippen LogP contribution in [0.15, 0.2) is 68.4 Å². The third-order valence-electron chi connectivity index (χ3n) is 4.38. The van der Waals surface area contributed by atoms with Gasteiger partial charge in [0, 0.05) is 39.3 Å². The molecule has 0 radical (unpaired) electrons. The van der Waals surface area contributed by atoms with Crippen molar-refractivity contribution in [2.24, 2.45) is 0 Å². The zero-order valence-electron chi connectivity index (χ0n) is 16.8. The number of hydrogen-bond donors (Lipinski definition) is 3. The molecular formula is C21H24N4O6. The highest BCUT2D eigenvalue weighted by molar-refractivity contribution is 5.92. The first-order valence-corrected chi connectivity index (χ1v) is 9.81. The van der Waals surface area contributed by atoms with Crippen LogP contribution in [0.4, 0.5) is 0 Å². The minimum atomic E-state index is -0.304. The van der Waals surface area contributed by atoms with Gasteiger partial charge in [-0.25, -0.2) is 0 Å². The van der Waals surface area contributed by atoms with Gasteiger partial charge in [0.1, 0.15) is 0 Å². The number of nitrogens with one attached hydrogen (secondary N) is 3. The Hall–Kier alpha value is -3.79. The Morgan fingerprint density at radius 2 is 0.935 bits per heavy atom. The normalized spacial score (nSPS) is 10.7. The van der Waals surface area contributed by atoms with E-state index in [1.165, 1.54) is 18.8 Å². The summed E-state index contributed by atoms with van der Waals surface area (Å²) in [6, 6.07) is 9.68. The highest BCUT2D eigenvalue weighted by Crippen LogP contribution is 2.01. The van der Waals surface area contributed by atoms with E-state index in [-0.39, 0.29) is 35.0 Å². The van der Waals surface area contributed by atoms with Gasteiger partial charge in [-0.1, -0.05) is 0 Å². The molecule has 0 spiro atoms. The maximum Gasteiger partial charge on any atom is 0.287 e. The number of nitrogens with zero attached hydrogens (tertiary/aromatic N) is 1. The maximum absolute atomic E-state index is 12.0. The van der Waals surface area contributed by atoms with Crippen LogP contribution in [0.1, 0.15) is 31.7 Å². The van der Waals surface area contributed by atoms with E-state index in [1.54, 1.807) is 36.4 Å². The number of rotatable bonds is 12. The first kappa shape index (κ1) is 21.9. The predicted molar refractivity (Wildman–Crippen MR) is 110 cm³/mol. The lowest BCUT2D eigenvalue weighted by atomic mass is 10.3. The summed E-state index contributed by atoms with van der Waals surface area (Å²) in [5, 5.41) is 8.34. The molecule has 3 heterocycles. The van der Waals surface area contributed by atoms with E-state index in [9.17, 15) is 14.4 Å². The van der Waals surface area contributed by atoms with Gasteiger partial charge in [0.25, 0.3) is 17.7 Å². The summed E-state index contributed by atoms with van der Waals surface area (Å²) < 4.78 is 15.2. The molecule has 0 aliphatic carbocycles. The van der Waals surface area contributed by atoms with Crippen LogP contribution in [0.3, 0.4) is 0 Å². The van der Waals surface area contributed by atoms with Crippen molar-refractivity contribution in [1.82, 2.24) is 20.9 Å². The zero-order valence-corrected chi connectivity index (χ0v) is 16.8. The summed E-state index contributed by atoms with van der Waals surface area (Å²) in [6.45, 7) is 2.66. The molecule has 0 aliphatic rings. The van der Waals surface area contributed by atoms with Crippen molar-refractivity contribution < 1.29 is 27.6 Å². The van der Waals surface area contributed by atoms with E-state index >= 15 is 0 Å². The fraction of sp³-hybridized carbons (Fsp3) is 0.286. The van der Waals surface area contributed by atoms with Gasteiger partial charge < -0.3 is 29.2 Å². The van der Waals surface area contributed by atoms with Crippen molar-refractivity contribution in [3.8, 4) is 0 Å². The number of carbonyl (C=O) groups is 3. The summed E-state index contributed by atoms with van der Waals surface area (Å²) in [5.41, 5.74) is 0. The summed E-state index contributed by atoms with van der Waals surface area (Å²) in [6.07, 6.45) is 4.31. The molecule has 0 fully saturated rings. The summed E-state index contributed by atoms with van der Waals surface area (Å²) in [4.78, 5) is 38.0. The Labute approximate surface area is 178 Å². The second-order valence-electron chi connectivity index (χ2n) is 6.54. The molecule has 3 aromatic rings. The monoisotopic (exact) mass is 428 g/mol. The van der Waals surface area contributed by atoms with Crippen molar-refractivity contribution in [2.75, 3.05) is 39.3 Å². The largest absolute Gasteiger partial charge is 0.459 e. The smallest absolute Gasteiger partial charge is 0.287 e. The number of amides is 3. The van der Waals surface area contributed by atoms with Crippen molar-refractivity contribution in [2.45, 2.75) is 0 Å². The lowest BCUT2D eigenvalue weighted by Crippen LogP contribution is -2.43. The van der Waals surface area contributed by atoms with Gasteiger partial charge in [0.05, 0.1) is 18.8 Å². The second-order valence-corrected chi connectivity index (χ2v) is 6.54. The Balaban J connectivity index is 1.44. The van der Waals surface area contributed by atoms with Gasteiger partial charge in [-0.15, -0.1) is 0 Å². The Morgan fingerprint density at radius 3 is 1.19 bits per heavy atom. The molecule has 0 aromatic carbocycles. The molecule has 0 saturated heterocycles. The summed E-state index contributed by atoms with van der Waals surface area (Å²) >= 11 is 0. The van der Waals surface area contributed by atoms with Crippen LogP contribution in [0, 0.1) is 0 Å². The topological polar surface area (TPSA) is 130 Å². The molecule has 0 unspecified atom stereocenters. The quantitative estimate of drug-likeness (QED) is 0.397. The van der Waals surface area contributed by atoms with Gasteiger partial charge in [-0.05, 0) is 36.4 Å². The van der Waals surface area contributed by atoms with Crippen molar-refractivity contribution >= 4 is 17.7 Å². The minimum Gasteiger partial charge on any atom is -0.459 e. The Kier molecular flexibility index (Phi) is 8.06. The summed E-state index contributed by atoms with van der Waals surface area (Å²) in [7, 11) is 0. The van der Waals surface area contributed by atoms with Crippen molar-refractivity contribution in [3.05, 3.63) is 72.5 Å². The van der Waals surface area contributed by atoms with E-state index in [0.717, 1.165) is 0 Å². The minimum absolute atomic E-state index is 0.239. The molecule has 10 nitrogen and oxygen atoms in total. The molecule has 3 N–H and O–H groups in total. The fourth-order valence-corrected chi connectivity index (χ4v) is 2.80. The van der Waals surface area contributed by atoms with Crippen LogP contribution in [-0.4, -0.2) is 61.9 Å². The number of carbonyl (C=O) groups excluding carboxylic acids is 3. The summed E-state index contributed by atoms with van der Waals surface area (Å²) in [5.74, 6) is -0.194. The highest BCUT2D eigenvalue weighted by Gasteiger charge is 2.13. The first-order chi connectivity index (χ1) is 15.1. The van der Waals surface area contributed by atoms with Crippen LogP contribution in [-0.2, 0) is 0 Å². The van der Waals surface area contributed by atoms with Crippen molar-refractivity contribution in [1.29, 1.82) is 0 Å². The molecule has 3 amide bonds. The average molecular weight is 428 g/mol. The zero-order chi connectivity index (χ0) is 21.9. The van der Waals surface area contributed by atoms with Gasteiger partial charge in [-0.3, -0.25) is 19.3 Å². The molecule has 3 rings (SSSR count). The van der Waals surface area contributed by atoms with Gasteiger partial charge in [0.15, 0.2) is 17.3 Å². The van der Waals surface area contributed by atoms with Gasteiger partial charge in [-0.2, -0.15) is 0 Å². The van der Waals surface area contributed by atoms with Crippen LogP contribution in [0.5, 0.6) is 0 Å². The number of hydrogen-bond acceptors (Lipinski definition) is 7. The fourth-order valence-electron chi connectivity index (χ4n) is 2.80. The molecule has 0 atom stereocenters. The molecule has 3 aromatic heterocycles. The third kappa shape index (κ3) is 6.89. The van der Waals surface area contributed by atoms with Crippen LogP contribution in [0.25, 0.3) is 0 Å². The molecule has 0 bridgehead atoms. The standard InChI is InChI=1S/C21H24N4O6/c26-19(16-4-1-13-29-16)22-7-10-25(11-8-23-20(27)17-5-2-14-30-17)12-9-24-21(28)18-6-3-15-31-18/h1-6,13-15H,7-12H2,(H,22,26)(H,23,27)(H,24,28). The van der Waals surface area contributed by atoms with Crippen molar-refractivity contribution in [3.63, 3.8) is 0 Å². The predicted octanol–water partition coefficient (Wildman–Crippen LogP) is 1.36. The van der Waals surface area contributed by atoms with E-state index in [2.05, 4.69) is 16.0 Å². The van der Waals surface area contributed by atoms with Crippen LogP contribution in [0.2, 0.25) is 0 Å². The lowest BCUT2D eigenvalue weighted by Gasteiger charge is -2.22. The van der Waals surface area contributed by atoms with Crippen LogP contribution < -0.4 is 16.0 Å². The molecule has 0 aliphatic heterocycles. The lowest BCUT2D eigenvalue weighted by molar-refractivity contribution is 0.0919. The van der Waals surface area contributed by atoms with E-state index in [4.69, 9.17) is 13.3 Å². The SMILES string of the molecule is O=C(NCCN(CCNC(=O)c1ccco1)CCNC(=O)c1ccco1)c1ccco1. The van der Waals surface area contributed by atoms with Gasteiger partial charge >= 0.3 is 0 Å². The van der Waals surface area contributed by atoms with Gasteiger partial charge in [0.2, 0.25) is 0 Å². The second kappa shape index (κ2) is 11.4. The first-order valence-electron chi connectivity index (χ1n) is 9.81. The van der Waals surface area contributed by atoms with E-state index < -0.39 is 0 Å². The Morgan fingerprint density at radius 1 is 0.613 bits per heavy atom. The number of furan rings is 3. The van der Waals surface area contributed by atoms with Crippen LogP contribution >= 0.6 is 0 Å². The Bertz CT molecular complexity index is 811. The molecule has 0 saturated carbocycles. The molecule has 164 valence electrons. The molecule has 31 heavy (non-hydrogen) atoms. The highest BCUT2D eigenvalue weighted by atomic mass is 16.3. The molecule has 10 heteroatoms. The molecular weight excluding hydrogens is 404 g/mol.